The molecule has 1 rings (SSSR count). The number of hydrogen-bond donors (Lipinski definition) is 1. The number of anilines is 1. The number of nitrogen functional groups attached to an aromatic ring is 1. The molecule has 0 aliphatic heterocycles. The van der Waals surface area contributed by atoms with E-state index in [2.05, 4.69) is 4.98 Å². The molecular weight excluding hydrogens is 255 g/mol. The molecule has 2 N–H and O–H groups in total. The lowest BCUT2D eigenvalue weighted by Crippen LogP contribution is -1.98. The van der Waals surface area contributed by atoms with Gasteiger partial charge in [-0.1, -0.05) is 0 Å². The summed E-state index contributed by atoms with van der Waals surface area (Å²) in [5.74, 6) is 0.478. The van der Waals surface area contributed by atoms with Gasteiger partial charge in [0.25, 0.3) is 0 Å². The second-order valence-electron chi connectivity index (χ2n) is 2.15. The highest BCUT2D eigenvalue weighted by atomic mass is 127. The van der Waals surface area contributed by atoms with Gasteiger partial charge in [0.15, 0.2) is 5.78 Å². The van der Waals surface area contributed by atoms with Gasteiger partial charge in [-0.2, -0.15) is 0 Å². The van der Waals surface area contributed by atoms with Gasteiger partial charge >= 0.3 is 0 Å². The third-order valence-corrected chi connectivity index (χ3v) is 2.14. The number of hydrogen-bond acceptors (Lipinski definition) is 3. The molecule has 11 heavy (non-hydrogen) atoms. The zero-order valence-electron chi connectivity index (χ0n) is 5.97. The topological polar surface area (TPSA) is 56.0 Å². The summed E-state index contributed by atoms with van der Waals surface area (Å²) >= 11 is 2.04. The van der Waals surface area contributed by atoms with Crippen LogP contribution in [0.15, 0.2) is 12.3 Å². The first-order valence-corrected chi connectivity index (χ1v) is 4.11. The van der Waals surface area contributed by atoms with Crippen LogP contribution < -0.4 is 5.73 Å². The first-order chi connectivity index (χ1) is 5.11. The van der Waals surface area contributed by atoms with E-state index in [1.54, 1.807) is 6.07 Å². The highest BCUT2D eigenvalue weighted by Gasteiger charge is 2.02. The van der Waals surface area contributed by atoms with Crippen LogP contribution in [0.3, 0.4) is 0 Å². The third-order valence-electron chi connectivity index (χ3n) is 1.28. The second kappa shape index (κ2) is 3.17. The van der Waals surface area contributed by atoms with Gasteiger partial charge in [0.2, 0.25) is 0 Å². The Balaban J connectivity index is 3.15. The van der Waals surface area contributed by atoms with Crippen LogP contribution in [0.1, 0.15) is 17.3 Å². The second-order valence-corrected chi connectivity index (χ2v) is 3.31. The van der Waals surface area contributed by atoms with Crippen molar-refractivity contribution in [1.29, 1.82) is 0 Å². The first kappa shape index (κ1) is 8.45. The van der Waals surface area contributed by atoms with E-state index >= 15 is 0 Å². The van der Waals surface area contributed by atoms with E-state index in [1.165, 1.54) is 13.1 Å². The standard InChI is InChI=1S/C7H7IN2O/c1-4(11)5-2-6(8)7(9)10-3-5/h2-3H,1H3,(H2,9,10). The summed E-state index contributed by atoms with van der Waals surface area (Å²) in [6.07, 6.45) is 1.49. The number of carbonyl (C=O) groups is 1. The summed E-state index contributed by atoms with van der Waals surface area (Å²) in [5, 5.41) is 0. The van der Waals surface area contributed by atoms with E-state index in [1.807, 2.05) is 22.6 Å². The predicted octanol–water partition coefficient (Wildman–Crippen LogP) is 1.47. The van der Waals surface area contributed by atoms with Crippen molar-refractivity contribution in [3.05, 3.63) is 21.4 Å². The minimum absolute atomic E-state index is 0.00964. The summed E-state index contributed by atoms with van der Waals surface area (Å²) in [7, 11) is 0. The molecule has 0 aliphatic rings. The molecule has 0 aromatic carbocycles. The van der Waals surface area contributed by atoms with E-state index in [0.29, 0.717) is 11.4 Å². The summed E-state index contributed by atoms with van der Waals surface area (Å²) in [4.78, 5) is 14.7. The molecule has 0 radical (unpaired) electrons. The van der Waals surface area contributed by atoms with E-state index in [4.69, 9.17) is 5.73 Å². The number of carbonyl (C=O) groups excluding carboxylic acids is 1. The normalized spacial score (nSPS) is 9.64. The first-order valence-electron chi connectivity index (χ1n) is 3.03. The van der Waals surface area contributed by atoms with E-state index in [0.717, 1.165) is 3.57 Å². The Labute approximate surface area is 78.1 Å². The van der Waals surface area contributed by atoms with Crippen molar-refractivity contribution >= 4 is 34.2 Å². The van der Waals surface area contributed by atoms with Gasteiger partial charge in [0.1, 0.15) is 5.82 Å². The zero-order chi connectivity index (χ0) is 8.43. The summed E-state index contributed by atoms with van der Waals surface area (Å²) < 4.78 is 0.815. The van der Waals surface area contributed by atoms with Crippen LogP contribution in [0, 0.1) is 3.57 Å². The number of Topliss-reactive ketones (excluding diaryl/α,β-unsaturated/α-hetero) is 1. The molecule has 0 unspecified atom stereocenters. The van der Waals surface area contributed by atoms with Crippen LogP contribution in [-0.2, 0) is 0 Å². The number of nitrogens with zero attached hydrogens (tertiary/aromatic N) is 1. The molecule has 0 saturated heterocycles. The van der Waals surface area contributed by atoms with Gasteiger partial charge in [-0.25, -0.2) is 4.98 Å². The lowest BCUT2D eigenvalue weighted by molar-refractivity contribution is 0.101. The van der Waals surface area contributed by atoms with Crippen molar-refractivity contribution in [2.24, 2.45) is 0 Å². The lowest BCUT2D eigenvalue weighted by atomic mass is 10.2. The average molecular weight is 262 g/mol. The van der Waals surface area contributed by atoms with Crippen LogP contribution in [0.4, 0.5) is 5.82 Å². The van der Waals surface area contributed by atoms with E-state index in [-0.39, 0.29) is 5.78 Å². The van der Waals surface area contributed by atoms with E-state index < -0.39 is 0 Å². The number of aromatic nitrogens is 1. The van der Waals surface area contributed by atoms with Gasteiger partial charge in [0.05, 0.1) is 3.57 Å². The fraction of sp³-hybridized carbons (Fsp3) is 0.143. The van der Waals surface area contributed by atoms with Crippen molar-refractivity contribution < 1.29 is 4.79 Å². The third kappa shape index (κ3) is 1.89. The SMILES string of the molecule is CC(=O)c1cnc(N)c(I)c1. The average Bonchev–Trinajstić information content (AvgIpc) is 1.94. The Kier molecular flexibility index (Phi) is 2.43. The monoisotopic (exact) mass is 262 g/mol. The van der Waals surface area contributed by atoms with Crippen molar-refractivity contribution in [2.45, 2.75) is 6.92 Å². The van der Waals surface area contributed by atoms with Gasteiger partial charge in [0, 0.05) is 11.8 Å². The number of rotatable bonds is 1. The minimum atomic E-state index is 0.00964. The predicted molar refractivity (Wildman–Crippen MR) is 51.4 cm³/mol. The maximum atomic E-state index is 10.8. The summed E-state index contributed by atoms with van der Waals surface area (Å²) in [6.45, 7) is 1.50. The molecule has 0 atom stereocenters. The zero-order valence-corrected chi connectivity index (χ0v) is 8.12. The number of nitrogens with two attached hydrogens (primary N) is 1. The van der Waals surface area contributed by atoms with Crippen molar-refractivity contribution in [2.75, 3.05) is 5.73 Å². The molecule has 1 aromatic rings. The molecule has 0 amide bonds. The van der Waals surface area contributed by atoms with E-state index in [9.17, 15) is 4.79 Å². The summed E-state index contributed by atoms with van der Waals surface area (Å²) in [6, 6.07) is 1.73. The quantitative estimate of drug-likeness (QED) is 0.616. The van der Waals surface area contributed by atoms with Gasteiger partial charge in [-0.3, -0.25) is 4.79 Å². The van der Waals surface area contributed by atoms with Gasteiger partial charge in [-0.05, 0) is 35.6 Å². The molecule has 1 aromatic heterocycles. The molecule has 0 saturated carbocycles. The largest absolute Gasteiger partial charge is 0.383 e. The summed E-state index contributed by atoms with van der Waals surface area (Å²) in [5.41, 5.74) is 6.06. The Bertz CT molecular complexity index is 298. The highest BCUT2D eigenvalue weighted by molar-refractivity contribution is 14.1. The molecule has 0 fully saturated rings. The maximum absolute atomic E-state index is 10.8. The van der Waals surface area contributed by atoms with Crippen molar-refractivity contribution in [3.8, 4) is 0 Å². The fourth-order valence-corrected chi connectivity index (χ4v) is 1.12. The van der Waals surface area contributed by atoms with Crippen LogP contribution >= 0.6 is 22.6 Å². The highest BCUT2D eigenvalue weighted by Crippen LogP contribution is 2.13. The molecule has 0 spiro atoms. The Morgan fingerprint density at radius 1 is 1.73 bits per heavy atom. The maximum Gasteiger partial charge on any atom is 0.161 e. The van der Waals surface area contributed by atoms with Gasteiger partial charge < -0.3 is 5.73 Å². The Morgan fingerprint density at radius 2 is 2.36 bits per heavy atom. The Morgan fingerprint density at radius 3 is 2.82 bits per heavy atom. The lowest BCUT2D eigenvalue weighted by Gasteiger charge is -1.98. The molecule has 1 heterocycles. The Hall–Kier alpha value is -0.650. The molecule has 0 aliphatic carbocycles. The smallest absolute Gasteiger partial charge is 0.161 e. The van der Waals surface area contributed by atoms with Crippen molar-refractivity contribution in [1.82, 2.24) is 4.98 Å². The van der Waals surface area contributed by atoms with Crippen LogP contribution in [0.2, 0.25) is 0 Å². The molecular formula is C7H7IN2O. The molecule has 58 valence electrons. The number of ketones is 1. The number of pyridine rings is 1. The van der Waals surface area contributed by atoms with Crippen LogP contribution in [0.5, 0.6) is 0 Å². The van der Waals surface area contributed by atoms with Gasteiger partial charge in [-0.15, -0.1) is 0 Å². The minimum Gasteiger partial charge on any atom is -0.383 e. The number of halogens is 1. The van der Waals surface area contributed by atoms with Crippen molar-refractivity contribution in [3.63, 3.8) is 0 Å². The molecule has 4 heteroatoms. The van der Waals surface area contributed by atoms with Crippen LogP contribution in [-0.4, -0.2) is 10.8 Å². The molecule has 0 bridgehead atoms. The van der Waals surface area contributed by atoms with Crippen LogP contribution in [0.25, 0.3) is 0 Å². The fourth-order valence-electron chi connectivity index (χ4n) is 0.641. The molecule has 3 nitrogen and oxygen atoms in total.